The average Bonchev–Trinajstić information content (AvgIpc) is 3.00. The van der Waals surface area contributed by atoms with E-state index in [1.807, 2.05) is 44.4 Å². The van der Waals surface area contributed by atoms with Gasteiger partial charge in [0.15, 0.2) is 11.2 Å². The van der Waals surface area contributed by atoms with Gasteiger partial charge < -0.3 is 0 Å². The highest BCUT2D eigenvalue weighted by molar-refractivity contribution is 5.91. The zero-order chi connectivity index (χ0) is 18.3. The lowest BCUT2D eigenvalue weighted by atomic mass is 10.2. The normalized spacial score (nSPS) is 17.4. The van der Waals surface area contributed by atoms with Crippen molar-refractivity contribution < 1.29 is 0 Å². The fraction of sp³-hybridized carbons (Fsp3) is 0.529. The third-order valence-electron chi connectivity index (χ3n) is 4.62. The van der Waals surface area contributed by atoms with Gasteiger partial charge in [-0.15, -0.1) is 0 Å². The van der Waals surface area contributed by atoms with E-state index in [9.17, 15) is 9.59 Å². The summed E-state index contributed by atoms with van der Waals surface area (Å²) in [5.74, 6) is 0.590. The minimum absolute atomic E-state index is 0.0952. The second-order valence-corrected chi connectivity index (χ2v) is 6.32. The number of hydrogen-bond acceptors (Lipinski definition) is 5. The molecule has 0 spiro atoms. The lowest BCUT2D eigenvalue weighted by Crippen LogP contribution is -2.40. The molecule has 2 aromatic rings. The first-order valence-corrected chi connectivity index (χ1v) is 8.57. The van der Waals surface area contributed by atoms with E-state index in [-0.39, 0.29) is 17.3 Å². The van der Waals surface area contributed by atoms with Gasteiger partial charge in [0.2, 0.25) is 5.95 Å². The summed E-state index contributed by atoms with van der Waals surface area (Å²) in [5, 5.41) is 6.36. The quantitative estimate of drug-likeness (QED) is 0.790. The van der Waals surface area contributed by atoms with Crippen molar-refractivity contribution in [2.75, 3.05) is 11.6 Å². The van der Waals surface area contributed by atoms with Crippen LogP contribution in [0.1, 0.15) is 40.2 Å². The maximum atomic E-state index is 13.0. The van der Waals surface area contributed by atoms with Crippen LogP contribution >= 0.6 is 0 Å². The third kappa shape index (κ3) is 2.52. The lowest BCUT2D eigenvalue weighted by molar-refractivity contribution is 0.587. The maximum Gasteiger partial charge on any atom is 0.332 e. The Bertz CT molecular complexity index is 991. The second-order valence-electron chi connectivity index (χ2n) is 6.32. The minimum atomic E-state index is -0.333. The molecule has 0 saturated carbocycles. The lowest BCUT2D eigenvalue weighted by Gasteiger charge is -2.28. The molecule has 1 atom stereocenters. The Balaban J connectivity index is 2.37. The Morgan fingerprint density at radius 3 is 2.64 bits per heavy atom. The minimum Gasteiger partial charge on any atom is -0.294 e. The van der Waals surface area contributed by atoms with Crippen LogP contribution in [-0.4, -0.2) is 30.9 Å². The molecule has 3 rings (SSSR count). The van der Waals surface area contributed by atoms with Gasteiger partial charge >= 0.3 is 5.69 Å². The molecule has 0 amide bonds. The number of rotatable bonds is 4. The zero-order valence-corrected chi connectivity index (χ0v) is 15.4. The standard InChI is InChI=1S/C17H24N6O2/c1-6-8-10-22-16-18-14-13(23(16)12(4)11(3)19-22)15(24)21(9-7-2)17(25)20(14)5/h6,8,12H,7,9-10H2,1-5H3. The van der Waals surface area contributed by atoms with E-state index in [0.717, 1.165) is 5.71 Å². The first-order chi connectivity index (χ1) is 11.9. The van der Waals surface area contributed by atoms with E-state index in [2.05, 4.69) is 10.1 Å². The Hall–Kier alpha value is -2.64. The monoisotopic (exact) mass is 344 g/mol. The molecule has 8 heteroatoms. The highest BCUT2D eigenvalue weighted by Gasteiger charge is 2.30. The summed E-state index contributed by atoms with van der Waals surface area (Å²) in [5.41, 5.74) is 1.13. The molecule has 2 aromatic heterocycles. The summed E-state index contributed by atoms with van der Waals surface area (Å²) >= 11 is 0. The van der Waals surface area contributed by atoms with Gasteiger partial charge in [0.1, 0.15) is 0 Å². The van der Waals surface area contributed by atoms with E-state index in [1.54, 1.807) is 12.1 Å². The molecule has 1 unspecified atom stereocenters. The van der Waals surface area contributed by atoms with Crippen molar-refractivity contribution in [2.45, 2.75) is 46.7 Å². The first kappa shape index (κ1) is 17.2. The highest BCUT2D eigenvalue weighted by Crippen LogP contribution is 2.29. The fourth-order valence-corrected chi connectivity index (χ4v) is 3.13. The molecule has 1 aliphatic rings. The van der Waals surface area contributed by atoms with Gasteiger partial charge in [-0.2, -0.15) is 10.1 Å². The molecule has 25 heavy (non-hydrogen) atoms. The fourth-order valence-electron chi connectivity index (χ4n) is 3.13. The SMILES string of the molecule is CC=CCN1N=C(C)C(C)n2c1nc1c2c(=O)n(CCC)c(=O)n1C. The number of fused-ring (bicyclic) bond motifs is 3. The predicted octanol–water partition coefficient (Wildman–Crippen LogP) is 1.64. The van der Waals surface area contributed by atoms with Crippen LogP contribution in [-0.2, 0) is 13.6 Å². The number of allylic oxidation sites excluding steroid dienone is 1. The molecule has 0 N–H and O–H groups in total. The van der Waals surface area contributed by atoms with Crippen LogP contribution in [0.3, 0.4) is 0 Å². The van der Waals surface area contributed by atoms with E-state index in [0.29, 0.717) is 36.6 Å². The summed E-state index contributed by atoms with van der Waals surface area (Å²) in [6, 6.07) is -0.0952. The summed E-state index contributed by atoms with van der Waals surface area (Å²) in [4.78, 5) is 30.1. The topological polar surface area (TPSA) is 77.4 Å². The molecular weight excluding hydrogens is 320 g/mol. The number of anilines is 1. The van der Waals surface area contributed by atoms with Crippen LogP contribution in [0, 0.1) is 0 Å². The Labute approximate surface area is 145 Å². The van der Waals surface area contributed by atoms with Crippen molar-refractivity contribution in [3.63, 3.8) is 0 Å². The van der Waals surface area contributed by atoms with Crippen molar-refractivity contribution in [1.82, 2.24) is 18.7 Å². The van der Waals surface area contributed by atoms with E-state index >= 15 is 0 Å². The number of aromatic nitrogens is 4. The van der Waals surface area contributed by atoms with Crippen LogP contribution in [0.4, 0.5) is 5.95 Å². The molecule has 0 bridgehead atoms. The van der Waals surface area contributed by atoms with Gasteiger partial charge in [-0.25, -0.2) is 9.80 Å². The van der Waals surface area contributed by atoms with Crippen LogP contribution in [0.5, 0.6) is 0 Å². The van der Waals surface area contributed by atoms with E-state index < -0.39 is 0 Å². The summed E-state index contributed by atoms with van der Waals surface area (Å²) in [7, 11) is 1.66. The Kier molecular flexibility index (Phi) is 4.36. The van der Waals surface area contributed by atoms with E-state index in [4.69, 9.17) is 0 Å². The molecule has 8 nitrogen and oxygen atoms in total. The molecule has 3 heterocycles. The van der Waals surface area contributed by atoms with Crippen molar-refractivity contribution >= 4 is 22.8 Å². The van der Waals surface area contributed by atoms with Crippen LogP contribution in [0.15, 0.2) is 26.8 Å². The maximum absolute atomic E-state index is 13.0. The number of aryl methyl sites for hydroxylation is 1. The number of nitrogens with zero attached hydrogens (tertiary/aromatic N) is 6. The van der Waals surface area contributed by atoms with Crippen molar-refractivity contribution in [2.24, 2.45) is 12.1 Å². The van der Waals surface area contributed by atoms with Gasteiger partial charge in [0, 0.05) is 13.6 Å². The van der Waals surface area contributed by atoms with Gasteiger partial charge in [-0.1, -0.05) is 19.1 Å². The van der Waals surface area contributed by atoms with Crippen molar-refractivity contribution in [1.29, 1.82) is 0 Å². The predicted molar refractivity (Wildman–Crippen MR) is 99.5 cm³/mol. The molecular formula is C17H24N6O2. The van der Waals surface area contributed by atoms with Crippen molar-refractivity contribution in [3.8, 4) is 0 Å². The Morgan fingerprint density at radius 2 is 2.00 bits per heavy atom. The smallest absolute Gasteiger partial charge is 0.294 e. The Morgan fingerprint density at radius 1 is 1.28 bits per heavy atom. The van der Waals surface area contributed by atoms with Crippen molar-refractivity contribution in [3.05, 3.63) is 33.0 Å². The molecule has 1 aliphatic heterocycles. The van der Waals surface area contributed by atoms with Crippen LogP contribution in [0.25, 0.3) is 11.2 Å². The summed E-state index contributed by atoms with van der Waals surface area (Å²) in [6.45, 7) is 8.77. The largest absolute Gasteiger partial charge is 0.332 e. The van der Waals surface area contributed by atoms with Gasteiger partial charge in [0.05, 0.1) is 18.3 Å². The summed E-state index contributed by atoms with van der Waals surface area (Å²) in [6.07, 6.45) is 4.63. The molecule has 0 radical (unpaired) electrons. The van der Waals surface area contributed by atoms with Gasteiger partial charge in [-0.05, 0) is 27.2 Å². The molecule has 134 valence electrons. The number of hydrogen-bond donors (Lipinski definition) is 0. The number of imidazole rings is 1. The first-order valence-electron chi connectivity index (χ1n) is 8.57. The molecule has 0 aliphatic carbocycles. The molecule has 0 aromatic carbocycles. The van der Waals surface area contributed by atoms with Gasteiger partial charge in [-0.3, -0.25) is 18.5 Å². The second kappa shape index (κ2) is 6.34. The molecule has 0 saturated heterocycles. The average molecular weight is 344 g/mol. The summed E-state index contributed by atoms with van der Waals surface area (Å²) < 4.78 is 4.64. The van der Waals surface area contributed by atoms with Crippen LogP contribution < -0.4 is 16.3 Å². The highest BCUT2D eigenvalue weighted by atomic mass is 16.2. The zero-order valence-electron chi connectivity index (χ0n) is 15.4. The molecule has 0 fully saturated rings. The van der Waals surface area contributed by atoms with Gasteiger partial charge in [0.25, 0.3) is 5.56 Å². The van der Waals surface area contributed by atoms with Crippen LogP contribution in [0.2, 0.25) is 0 Å². The third-order valence-corrected chi connectivity index (χ3v) is 4.62. The number of hydrazone groups is 1. The van der Waals surface area contributed by atoms with E-state index in [1.165, 1.54) is 9.13 Å².